The fourth-order valence-electron chi connectivity index (χ4n) is 2.20. The lowest BCUT2D eigenvalue weighted by molar-refractivity contribution is -0.212. The fraction of sp³-hybridized carbons (Fsp3) is 1.00. The molecular weight excluding hydrogens is 429 g/mol. The van der Waals surface area contributed by atoms with Crippen LogP contribution in [0.3, 0.4) is 0 Å². The molecule has 1 aliphatic rings. The summed E-state index contributed by atoms with van der Waals surface area (Å²) in [6.45, 7) is 0.972. The Hall–Kier alpha value is 0.210. The number of hydrogen-bond acceptors (Lipinski definition) is 10. The average Bonchev–Trinajstić information content (AvgIpc) is 2.43. The van der Waals surface area contributed by atoms with Gasteiger partial charge < -0.3 is 39.8 Å². The molecule has 0 spiro atoms. The van der Waals surface area contributed by atoms with E-state index in [4.69, 9.17) is 19.6 Å². The van der Waals surface area contributed by atoms with Crippen molar-refractivity contribution in [3.8, 4) is 0 Å². The van der Waals surface area contributed by atoms with E-state index in [-0.39, 0.29) is 6.61 Å². The van der Waals surface area contributed by atoms with Crippen molar-refractivity contribution in [1.82, 2.24) is 0 Å². The van der Waals surface area contributed by atoms with Crippen LogP contribution in [0.4, 0.5) is 0 Å². The first-order valence-electron chi connectivity index (χ1n) is 6.76. The van der Waals surface area contributed by atoms with Gasteiger partial charge in [0.2, 0.25) is 0 Å². The van der Waals surface area contributed by atoms with Gasteiger partial charge in [0, 0.05) is 0 Å². The summed E-state index contributed by atoms with van der Waals surface area (Å²) >= 11 is 0. The van der Waals surface area contributed by atoms with Gasteiger partial charge in [0.05, 0.1) is 6.61 Å². The standard InChI is InChI=1S/C8H19O15P3/c1-2-20-26(18,19)23-6-3(9)4(10)7(21-24(12,13)14)8(5(6)11)22-25(15,16)17/h3-11H,2H2,1H3,(H,18,19)(H2,12,13,14)(H2,15,16,17)/t3-,4+,5+,6-,7-,8-/m1/s1. The number of phosphoric acid groups is 3. The summed E-state index contributed by atoms with van der Waals surface area (Å²) in [6, 6.07) is 0. The maximum absolute atomic E-state index is 11.6. The normalized spacial score (nSPS) is 35.9. The summed E-state index contributed by atoms with van der Waals surface area (Å²) in [6.07, 6.45) is -13.9. The maximum Gasteiger partial charge on any atom is 0.472 e. The second kappa shape index (κ2) is 8.70. The van der Waals surface area contributed by atoms with Gasteiger partial charge in [0.25, 0.3) is 0 Å². The molecule has 0 aromatic carbocycles. The summed E-state index contributed by atoms with van der Waals surface area (Å²) < 4.78 is 50.8. The molecule has 156 valence electrons. The third-order valence-corrected chi connectivity index (χ3v) is 5.22. The van der Waals surface area contributed by atoms with Crippen LogP contribution in [0.1, 0.15) is 6.92 Å². The number of aliphatic hydroxyl groups is 3. The van der Waals surface area contributed by atoms with Crippen molar-refractivity contribution in [2.45, 2.75) is 43.5 Å². The second-order valence-corrected chi connectivity index (χ2v) is 8.84. The molecule has 8 N–H and O–H groups in total. The minimum atomic E-state index is -5.42. The van der Waals surface area contributed by atoms with Crippen LogP contribution in [0.25, 0.3) is 0 Å². The van der Waals surface area contributed by atoms with Gasteiger partial charge in [-0.2, -0.15) is 0 Å². The largest absolute Gasteiger partial charge is 0.472 e. The predicted molar refractivity (Wildman–Crippen MR) is 78.2 cm³/mol. The van der Waals surface area contributed by atoms with E-state index < -0.39 is 60.1 Å². The molecule has 1 saturated carbocycles. The Morgan fingerprint density at radius 2 is 1.08 bits per heavy atom. The molecule has 15 nitrogen and oxygen atoms in total. The zero-order valence-electron chi connectivity index (χ0n) is 12.9. The smallest absolute Gasteiger partial charge is 0.387 e. The van der Waals surface area contributed by atoms with Gasteiger partial charge in [-0.05, 0) is 6.92 Å². The second-order valence-electron chi connectivity index (χ2n) is 5.05. The maximum atomic E-state index is 11.6. The number of rotatable bonds is 8. The molecule has 1 unspecified atom stereocenters. The Balaban J connectivity index is 3.22. The third-order valence-electron chi connectivity index (χ3n) is 3.09. The van der Waals surface area contributed by atoms with Crippen LogP contribution in [-0.2, 0) is 31.8 Å². The molecule has 26 heavy (non-hydrogen) atoms. The van der Waals surface area contributed by atoms with Crippen LogP contribution in [0.15, 0.2) is 0 Å². The highest BCUT2D eigenvalue weighted by molar-refractivity contribution is 7.47. The van der Waals surface area contributed by atoms with Crippen molar-refractivity contribution in [3.05, 3.63) is 0 Å². The van der Waals surface area contributed by atoms with E-state index in [1.54, 1.807) is 0 Å². The molecule has 0 amide bonds. The quantitative estimate of drug-likeness (QED) is 0.180. The molecule has 1 rings (SSSR count). The van der Waals surface area contributed by atoms with Crippen molar-refractivity contribution in [2.24, 2.45) is 0 Å². The fourth-order valence-corrected chi connectivity index (χ4v) is 4.27. The van der Waals surface area contributed by atoms with E-state index in [9.17, 15) is 33.9 Å². The molecular formula is C8H19O15P3. The van der Waals surface area contributed by atoms with Crippen molar-refractivity contribution in [2.75, 3.05) is 6.61 Å². The summed E-state index contributed by atoms with van der Waals surface area (Å²) in [7, 11) is -15.7. The zero-order chi connectivity index (χ0) is 20.5. The van der Waals surface area contributed by atoms with Gasteiger partial charge >= 0.3 is 23.5 Å². The van der Waals surface area contributed by atoms with E-state index in [0.717, 1.165) is 0 Å². The van der Waals surface area contributed by atoms with E-state index in [1.165, 1.54) is 6.92 Å². The first-order valence-corrected chi connectivity index (χ1v) is 11.3. The van der Waals surface area contributed by atoms with Gasteiger partial charge in [0.15, 0.2) is 0 Å². The van der Waals surface area contributed by atoms with Gasteiger partial charge in [-0.3, -0.25) is 18.1 Å². The number of hydrogen-bond donors (Lipinski definition) is 8. The summed E-state index contributed by atoms with van der Waals surface area (Å²) in [5.74, 6) is 0. The Kier molecular flexibility index (Phi) is 8.11. The Labute approximate surface area is 146 Å². The monoisotopic (exact) mass is 448 g/mol. The molecule has 1 fully saturated rings. The SMILES string of the molecule is CCOP(=O)(O)O[C@@H]1[C@H](O)[C@H](O)[C@@H](OP(=O)(O)O)[C@H](OP(=O)(O)O)[C@H]1O. The lowest BCUT2D eigenvalue weighted by atomic mass is 9.85. The highest BCUT2D eigenvalue weighted by atomic mass is 31.2. The van der Waals surface area contributed by atoms with E-state index >= 15 is 0 Å². The van der Waals surface area contributed by atoms with Gasteiger partial charge in [-0.1, -0.05) is 0 Å². The molecule has 0 aliphatic heterocycles. The van der Waals surface area contributed by atoms with Crippen LogP contribution < -0.4 is 0 Å². The van der Waals surface area contributed by atoms with Crippen molar-refractivity contribution in [3.63, 3.8) is 0 Å². The van der Waals surface area contributed by atoms with E-state index in [1.807, 2.05) is 0 Å². The molecule has 0 bridgehead atoms. The molecule has 0 heterocycles. The van der Waals surface area contributed by atoms with E-state index in [2.05, 4.69) is 18.1 Å². The van der Waals surface area contributed by atoms with E-state index in [0.29, 0.717) is 0 Å². The molecule has 0 radical (unpaired) electrons. The topological polar surface area (TPSA) is 250 Å². The summed E-state index contributed by atoms with van der Waals surface area (Å²) in [5, 5.41) is 29.9. The van der Waals surface area contributed by atoms with Crippen LogP contribution in [0.5, 0.6) is 0 Å². The molecule has 0 saturated heterocycles. The lowest BCUT2D eigenvalue weighted by Crippen LogP contribution is -2.65. The Morgan fingerprint density at radius 3 is 1.46 bits per heavy atom. The highest BCUT2D eigenvalue weighted by Crippen LogP contribution is 2.50. The van der Waals surface area contributed by atoms with Crippen LogP contribution in [0, 0.1) is 0 Å². The molecule has 0 aromatic heterocycles. The molecule has 0 aromatic rings. The van der Waals surface area contributed by atoms with Crippen LogP contribution >= 0.6 is 23.5 Å². The molecule has 18 heteroatoms. The molecule has 1 aliphatic carbocycles. The summed E-state index contributed by atoms with van der Waals surface area (Å²) in [5.41, 5.74) is 0. The average molecular weight is 448 g/mol. The highest BCUT2D eigenvalue weighted by Gasteiger charge is 2.56. The van der Waals surface area contributed by atoms with Crippen molar-refractivity contribution in [1.29, 1.82) is 0 Å². The number of aliphatic hydroxyl groups excluding tert-OH is 3. The van der Waals surface area contributed by atoms with Gasteiger partial charge in [-0.25, -0.2) is 13.7 Å². The molecule has 7 atom stereocenters. The Morgan fingerprint density at radius 1 is 0.692 bits per heavy atom. The van der Waals surface area contributed by atoms with Gasteiger partial charge in [0.1, 0.15) is 36.6 Å². The minimum absolute atomic E-state index is 0.332. The Bertz CT molecular complexity index is 612. The lowest BCUT2D eigenvalue weighted by Gasteiger charge is -2.44. The van der Waals surface area contributed by atoms with Crippen LogP contribution in [-0.4, -0.2) is 83.0 Å². The van der Waals surface area contributed by atoms with Crippen molar-refractivity contribution < 1.29 is 71.6 Å². The first-order chi connectivity index (χ1) is 11.6. The minimum Gasteiger partial charge on any atom is -0.387 e. The zero-order valence-corrected chi connectivity index (χ0v) is 15.6. The van der Waals surface area contributed by atoms with Gasteiger partial charge in [-0.15, -0.1) is 0 Å². The predicted octanol–water partition coefficient (Wildman–Crippen LogP) is -2.44. The number of phosphoric ester groups is 3. The van der Waals surface area contributed by atoms with Crippen molar-refractivity contribution >= 4 is 23.5 Å². The third kappa shape index (κ3) is 6.99. The first kappa shape index (κ1) is 24.2. The summed E-state index contributed by atoms with van der Waals surface area (Å²) in [4.78, 5) is 44.8. The van der Waals surface area contributed by atoms with Crippen LogP contribution in [0.2, 0.25) is 0 Å².